The summed E-state index contributed by atoms with van der Waals surface area (Å²) in [5, 5.41) is 8.15. The molecule has 0 saturated heterocycles. The lowest BCUT2D eigenvalue weighted by atomic mass is 10.1. The highest BCUT2D eigenvalue weighted by atomic mass is 32.2. The number of carbonyl (C=O) groups is 3. The molecule has 3 N–H and O–H groups in total. The molecule has 230 valence electrons. The number of carbonyl (C=O) groups excluding carboxylic acids is 3. The van der Waals surface area contributed by atoms with Gasteiger partial charge in [0.2, 0.25) is 5.91 Å². The number of hydrogen-bond acceptors (Lipinski definition) is 5. The highest BCUT2D eigenvalue weighted by molar-refractivity contribution is 8.00. The van der Waals surface area contributed by atoms with Gasteiger partial charge in [0.25, 0.3) is 11.8 Å². The normalized spacial score (nSPS) is 11.6. The first kappa shape index (κ1) is 31.8. The van der Waals surface area contributed by atoms with Crippen molar-refractivity contribution in [1.82, 2.24) is 5.32 Å². The Morgan fingerprint density at radius 2 is 1.28 bits per heavy atom. The van der Waals surface area contributed by atoms with E-state index in [9.17, 15) is 14.4 Å². The average Bonchev–Trinajstić information content (AvgIpc) is 3.09. The molecule has 1 atom stereocenters. The predicted molar refractivity (Wildman–Crippen MR) is 185 cm³/mol. The third-order valence-corrected chi connectivity index (χ3v) is 8.06. The Morgan fingerprint density at radius 3 is 1.96 bits per heavy atom. The molecule has 0 aliphatic rings. The second kappa shape index (κ2) is 15.9. The van der Waals surface area contributed by atoms with Crippen molar-refractivity contribution in [2.24, 2.45) is 0 Å². The quantitative estimate of drug-likeness (QED) is 0.0963. The first-order valence-corrected chi connectivity index (χ1v) is 15.7. The zero-order valence-electron chi connectivity index (χ0n) is 25.2. The fourth-order valence-electron chi connectivity index (χ4n) is 4.57. The summed E-state index contributed by atoms with van der Waals surface area (Å²) < 4.78 is 5.73. The van der Waals surface area contributed by atoms with Crippen molar-refractivity contribution in [1.29, 1.82) is 0 Å². The molecule has 5 aromatic rings. The third kappa shape index (κ3) is 8.74. The van der Waals surface area contributed by atoms with E-state index in [1.165, 1.54) is 11.8 Å². The summed E-state index contributed by atoms with van der Waals surface area (Å²) >= 11 is 1.41. The molecule has 7 nitrogen and oxygen atoms in total. The average molecular weight is 628 g/mol. The number of para-hydroxylation sites is 2. The van der Waals surface area contributed by atoms with Crippen molar-refractivity contribution in [3.05, 3.63) is 162 Å². The van der Waals surface area contributed by atoms with Crippen LogP contribution in [0.3, 0.4) is 0 Å². The summed E-state index contributed by atoms with van der Waals surface area (Å²) in [7, 11) is 0. The molecule has 0 radical (unpaired) electrons. The molecular weight excluding hydrogens is 595 g/mol. The van der Waals surface area contributed by atoms with Crippen LogP contribution in [0.25, 0.3) is 6.08 Å². The van der Waals surface area contributed by atoms with E-state index in [0.717, 1.165) is 16.1 Å². The number of amides is 3. The first-order chi connectivity index (χ1) is 22.5. The maximum absolute atomic E-state index is 13.6. The van der Waals surface area contributed by atoms with E-state index in [-0.39, 0.29) is 11.6 Å². The Bertz CT molecular complexity index is 1800. The number of thioether (sulfide) groups is 1. The van der Waals surface area contributed by atoms with Crippen LogP contribution in [0.1, 0.15) is 33.7 Å². The molecule has 0 aliphatic heterocycles. The molecule has 0 aliphatic carbocycles. The summed E-state index contributed by atoms with van der Waals surface area (Å²) in [5.41, 5.74) is 3.24. The minimum Gasteiger partial charge on any atom is -0.493 e. The Labute approximate surface area is 272 Å². The van der Waals surface area contributed by atoms with Gasteiger partial charge >= 0.3 is 0 Å². The second-order valence-electron chi connectivity index (χ2n) is 10.1. The first-order valence-electron chi connectivity index (χ1n) is 14.8. The van der Waals surface area contributed by atoms with Gasteiger partial charge in [-0.2, -0.15) is 0 Å². The molecule has 0 fully saturated rings. The standard InChI is InChI=1S/C38H33N3O4S/c1-2-45-34-21-13-12-18-29(34)26-33(41-36(42)28-16-8-4-9-17-28)37(43)39-31-22-24-32(25-23-31)46-35(27-14-6-3-7-15-27)38(44)40-30-19-10-5-11-20-30/h3-26,35H,2H2,1H3,(H,39,43)(H,40,44)(H,41,42)/b33-26-. The molecule has 5 rings (SSSR count). The maximum atomic E-state index is 13.6. The molecule has 8 heteroatoms. The van der Waals surface area contributed by atoms with E-state index in [4.69, 9.17) is 4.74 Å². The summed E-state index contributed by atoms with van der Waals surface area (Å²) in [5.74, 6) is -0.463. The number of rotatable bonds is 12. The molecule has 0 aromatic heterocycles. The van der Waals surface area contributed by atoms with Crippen LogP contribution in [-0.2, 0) is 9.59 Å². The Kier molecular flexibility index (Phi) is 11.0. The zero-order valence-corrected chi connectivity index (χ0v) is 26.0. The molecule has 46 heavy (non-hydrogen) atoms. The number of hydrogen-bond donors (Lipinski definition) is 3. The molecule has 5 aromatic carbocycles. The van der Waals surface area contributed by atoms with E-state index in [1.807, 2.05) is 110 Å². The summed E-state index contributed by atoms with van der Waals surface area (Å²) in [6, 6.07) is 42.2. The van der Waals surface area contributed by atoms with Gasteiger partial charge in [-0.05, 0) is 73.2 Å². The maximum Gasteiger partial charge on any atom is 0.272 e. The van der Waals surface area contributed by atoms with Crippen molar-refractivity contribution in [3.63, 3.8) is 0 Å². The van der Waals surface area contributed by atoms with Gasteiger partial charge in [-0.25, -0.2) is 0 Å². The number of benzene rings is 5. The van der Waals surface area contributed by atoms with Gasteiger partial charge in [-0.15, -0.1) is 11.8 Å². The Balaban J connectivity index is 1.34. The Hall–Kier alpha value is -5.60. The molecule has 0 heterocycles. The fourth-order valence-corrected chi connectivity index (χ4v) is 5.59. The molecule has 0 spiro atoms. The van der Waals surface area contributed by atoms with Crippen LogP contribution >= 0.6 is 11.8 Å². The second-order valence-corrected chi connectivity index (χ2v) is 11.3. The lowest BCUT2D eigenvalue weighted by Gasteiger charge is -2.17. The number of anilines is 2. The number of nitrogens with one attached hydrogen (secondary N) is 3. The van der Waals surface area contributed by atoms with E-state index < -0.39 is 17.1 Å². The van der Waals surface area contributed by atoms with Crippen LogP contribution in [0, 0.1) is 0 Å². The van der Waals surface area contributed by atoms with Crippen molar-refractivity contribution in [3.8, 4) is 5.75 Å². The van der Waals surface area contributed by atoms with Crippen LogP contribution in [0.4, 0.5) is 11.4 Å². The lowest BCUT2D eigenvalue weighted by molar-refractivity contribution is -0.116. The van der Waals surface area contributed by atoms with Crippen molar-refractivity contribution >= 4 is 46.9 Å². The van der Waals surface area contributed by atoms with Gasteiger partial charge < -0.3 is 20.7 Å². The van der Waals surface area contributed by atoms with Crippen molar-refractivity contribution in [2.45, 2.75) is 17.1 Å². The van der Waals surface area contributed by atoms with E-state index in [0.29, 0.717) is 29.2 Å². The third-order valence-electron chi connectivity index (χ3n) is 6.80. The highest BCUT2D eigenvalue weighted by Crippen LogP contribution is 2.36. The fraction of sp³-hybridized carbons (Fsp3) is 0.0789. The van der Waals surface area contributed by atoms with Crippen LogP contribution in [-0.4, -0.2) is 24.3 Å². The van der Waals surface area contributed by atoms with Gasteiger partial charge in [0, 0.05) is 27.4 Å². The molecule has 3 amide bonds. The largest absolute Gasteiger partial charge is 0.493 e. The monoisotopic (exact) mass is 627 g/mol. The van der Waals surface area contributed by atoms with E-state index >= 15 is 0 Å². The highest BCUT2D eigenvalue weighted by Gasteiger charge is 2.22. The topological polar surface area (TPSA) is 96.5 Å². The van der Waals surface area contributed by atoms with Gasteiger partial charge in [0.1, 0.15) is 16.7 Å². The van der Waals surface area contributed by atoms with Crippen LogP contribution in [0.5, 0.6) is 5.75 Å². The minimum absolute atomic E-state index is 0.0567. The molecular formula is C38H33N3O4S. The molecule has 1 unspecified atom stereocenters. The van der Waals surface area contributed by atoms with Crippen molar-refractivity contribution < 1.29 is 19.1 Å². The van der Waals surface area contributed by atoms with Crippen LogP contribution in [0.2, 0.25) is 0 Å². The minimum atomic E-state index is -0.505. The van der Waals surface area contributed by atoms with Crippen LogP contribution in [0.15, 0.2) is 150 Å². The SMILES string of the molecule is CCOc1ccccc1/C=C(\NC(=O)c1ccccc1)C(=O)Nc1ccc(SC(C(=O)Nc2ccccc2)c2ccccc2)cc1. The van der Waals surface area contributed by atoms with E-state index in [1.54, 1.807) is 42.5 Å². The summed E-state index contributed by atoms with van der Waals surface area (Å²) in [6.07, 6.45) is 1.60. The van der Waals surface area contributed by atoms with Crippen LogP contribution < -0.4 is 20.7 Å². The smallest absolute Gasteiger partial charge is 0.272 e. The summed E-state index contributed by atoms with van der Waals surface area (Å²) in [4.78, 5) is 40.8. The van der Waals surface area contributed by atoms with Gasteiger partial charge in [0.05, 0.1) is 6.61 Å². The van der Waals surface area contributed by atoms with Crippen molar-refractivity contribution in [2.75, 3.05) is 17.2 Å². The predicted octanol–water partition coefficient (Wildman–Crippen LogP) is 7.97. The number of ether oxygens (including phenoxy) is 1. The summed E-state index contributed by atoms with van der Waals surface area (Å²) in [6.45, 7) is 2.33. The molecule has 0 saturated carbocycles. The molecule has 0 bridgehead atoms. The lowest BCUT2D eigenvalue weighted by Crippen LogP contribution is -2.30. The van der Waals surface area contributed by atoms with Gasteiger partial charge in [-0.3, -0.25) is 14.4 Å². The zero-order chi connectivity index (χ0) is 32.1. The van der Waals surface area contributed by atoms with E-state index in [2.05, 4.69) is 16.0 Å². The van der Waals surface area contributed by atoms with Gasteiger partial charge in [0.15, 0.2) is 0 Å². The Morgan fingerprint density at radius 1 is 0.696 bits per heavy atom. The van der Waals surface area contributed by atoms with Gasteiger partial charge in [-0.1, -0.05) is 84.9 Å².